The number of aryl methyl sites for hydroxylation is 1. The molecule has 0 radical (unpaired) electrons. The van der Waals surface area contributed by atoms with Crippen molar-refractivity contribution < 1.29 is 4.74 Å². The SMILES string of the molecule is CNc1nc2c(C)cc(OCCCC(C)C)c(C(C)C)c2s1. The van der Waals surface area contributed by atoms with Gasteiger partial charge in [0, 0.05) is 12.6 Å². The second-order valence-electron chi connectivity index (χ2n) is 6.59. The van der Waals surface area contributed by atoms with Gasteiger partial charge in [-0.25, -0.2) is 4.98 Å². The first-order valence-corrected chi connectivity index (χ1v) is 9.00. The molecule has 1 heterocycles. The zero-order chi connectivity index (χ0) is 16.3. The molecule has 0 unspecified atom stereocenters. The van der Waals surface area contributed by atoms with E-state index in [1.165, 1.54) is 22.2 Å². The second-order valence-corrected chi connectivity index (χ2v) is 7.59. The molecule has 0 aliphatic heterocycles. The Labute approximate surface area is 138 Å². The van der Waals surface area contributed by atoms with Crippen molar-refractivity contribution >= 4 is 26.7 Å². The Morgan fingerprint density at radius 1 is 1.27 bits per heavy atom. The van der Waals surface area contributed by atoms with Gasteiger partial charge in [-0.3, -0.25) is 0 Å². The maximum absolute atomic E-state index is 6.14. The third-order valence-corrected chi connectivity index (χ3v) is 4.94. The van der Waals surface area contributed by atoms with E-state index < -0.39 is 0 Å². The number of benzene rings is 1. The van der Waals surface area contributed by atoms with Crippen LogP contribution in [0.2, 0.25) is 0 Å². The molecule has 0 atom stereocenters. The molecule has 0 bridgehead atoms. The van der Waals surface area contributed by atoms with E-state index in [0.29, 0.717) is 5.92 Å². The first-order valence-electron chi connectivity index (χ1n) is 8.18. The lowest BCUT2D eigenvalue weighted by Crippen LogP contribution is -2.03. The van der Waals surface area contributed by atoms with Gasteiger partial charge in [0.05, 0.1) is 16.8 Å². The lowest BCUT2D eigenvalue weighted by atomic mass is 9.99. The average Bonchev–Trinajstić information content (AvgIpc) is 2.87. The third kappa shape index (κ3) is 3.72. The molecule has 0 aliphatic rings. The van der Waals surface area contributed by atoms with Crippen molar-refractivity contribution in [3.63, 3.8) is 0 Å². The van der Waals surface area contributed by atoms with Gasteiger partial charge in [0.2, 0.25) is 0 Å². The van der Waals surface area contributed by atoms with E-state index in [1.807, 2.05) is 7.05 Å². The van der Waals surface area contributed by atoms with Crippen LogP contribution in [0, 0.1) is 12.8 Å². The summed E-state index contributed by atoms with van der Waals surface area (Å²) in [6.07, 6.45) is 2.32. The molecule has 0 aliphatic carbocycles. The van der Waals surface area contributed by atoms with Crippen molar-refractivity contribution in [3.05, 3.63) is 17.2 Å². The van der Waals surface area contributed by atoms with Crippen LogP contribution in [0.4, 0.5) is 5.13 Å². The molecular formula is C18H28N2OS. The van der Waals surface area contributed by atoms with E-state index in [-0.39, 0.29) is 0 Å². The van der Waals surface area contributed by atoms with Crippen LogP contribution in [0.15, 0.2) is 6.07 Å². The summed E-state index contributed by atoms with van der Waals surface area (Å²) >= 11 is 1.72. The minimum Gasteiger partial charge on any atom is -0.493 e. The summed E-state index contributed by atoms with van der Waals surface area (Å²) in [7, 11) is 1.92. The van der Waals surface area contributed by atoms with Crippen molar-refractivity contribution in [2.24, 2.45) is 5.92 Å². The molecule has 3 nitrogen and oxygen atoms in total. The monoisotopic (exact) mass is 320 g/mol. The minimum atomic E-state index is 0.424. The van der Waals surface area contributed by atoms with Crippen molar-refractivity contribution in [2.45, 2.75) is 53.4 Å². The van der Waals surface area contributed by atoms with Crippen molar-refractivity contribution in [1.29, 1.82) is 0 Å². The van der Waals surface area contributed by atoms with Crippen LogP contribution in [0.5, 0.6) is 5.75 Å². The summed E-state index contributed by atoms with van der Waals surface area (Å²) in [5.74, 6) is 2.19. The fourth-order valence-corrected chi connectivity index (χ4v) is 3.85. The van der Waals surface area contributed by atoms with Crippen LogP contribution in [0.1, 0.15) is 57.6 Å². The normalized spacial score (nSPS) is 11.6. The zero-order valence-corrected chi connectivity index (χ0v) is 15.4. The smallest absolute Gasteiger partial charge is 0.183 e. The zero-order valence-electron chi connectivity index (χ0n) is 14.6. The summed E-state index contributed by atoms with van der Waals surface area (Å²) in [6.45, 7) is 11.9. The lowest BCUT2D eigenvalue weighted by Gasteiger charge is -2.16. The largest absolute Gasteiger partial charge is 0.493 e. The molecule has 0 spiro atoms. The van der Waals surface area contributed by atoms with E-state index in [2.05, 4.69) is 51.0 Å². The van der Waals surface area contributed by atoms with Gasteiger partial charge in [-0.05, 0) is 43.2 Å². The average molecular weight is 321 g/mol. The summed E-state index contributed by atoms with van der Waals surface area (Å²) in [4.78, 5) is 4.69. The Hall–Kier alpha value is -1.29. The molecular weight excluding hydrogens is 292 g/mol. The molecule has 4 heteroatoms. The number of nitrogens with one attached hydrogen (secondary N) is 1. The molecule has 2 aromatic rings. The van der Waals surface area contributed by atoms with Gasteiger partial charge in [0.25, 0.3) is 0 Å². The van der Waals surface area contributed by atoms with Gasteiger partial charge in [-0.1, -0.05) is 39.0 Å². The molecule has 1 N–H and O–H groups in total. The van der Waals surface area contributed by atoms with E-state index in [0.717, 1.165) is 35.3 Å². The number of fused-ring (bicyclic) bond motifs is 1. The van der Waals surface area contributed by atoms with Gasteiger partial charge in [-0.2, -0.15) is 0 Å². The van der Waals surface area contributed by atoms with Gasteiger partial charge < -0.3 is 10.1 Å². The molecule has 0 saturated carbocycles. The quantitative estimate of drug-likeness (QED) is 0.676. The molecule has 0 fully saturated rings. The summed E-state index contributed by atoms with van der Waals surface area (Å²) in [6, 6.07) is 2.16. The number of nitrogens with zero attached hydrogens (tertiary/aromatic N) is 1. The standard InChI is InChI=1S/C18H28N2OS/c1-11(2)8-7-9-21-14-10-13(5)16-17(15(14)12(3)4)22-18(19-6)20-16/h10-12H,7-9H2,1-6H3,(H,19,20). The van der Waals surface area contributed by atoms with Crippen LogP contribution in [-0.2, 0) is 0 Å². The van der Waals surface area contributed by atoms with Crippen molar-refractivity contribution in [3.8, 4) is 5.75 Å². The Morgan fingerprint density at radius 3 is 2.59 bits per heavy atom. The van der Waals surface area contributed by atoms with Gasteiger partial charge >= 0.3 is 0 Å². The number of thiazole rings is 1. The van der Waals surface area contributed by atoms with Gasteiger partial charge in [-0.15, -0.1) is 0 Å². The molecule has 1 aromatic heterocycles. The summed E-state index contributed by atoms with van der Waals surface area (Å²) in [5, 5.41) is 4.13. The number of aromatic nitrogens is 1. The highest BCUT2D eigenvalue weighted by atomic mass is 32.1. The molecule has 1 aromatic carbocycles. The number of ether oxygens (including phenoxy) is 1. The predicted molar refractivity (Wildman–Crippen MR) is 97.6 cm³/mol. The summed E-state index contributed by atoms with van der Waals surface area (Å²) < 4.78 is 7.40. The highest BCUT2D eigenvalue weighted by Gasteiger charge is 2.18. The molecule has 122 valence electrons. The predicted octanol–water partition coefficient (Wildman–Crippen LogP) is 5.58. The summed E-state index contributed by atoms with van der Waals surface area (Å²) in [5.41, 5.74) is 3.59. The number of hydrogen-bond donors (Lipinski definition) is 1. The van der Waals surface area contributed by atoms with Gasteiger partial charge in [0.15, 0.2) is 5.13 Å². The van der Waals surface area contributed by atoms with E-state index in [4.69, 9.17) is 4.74 Å². The number of rotatable bonds is 7. The Kier molecular flexibility index (Phi) is 5.68. The number of anilines is 1. The highest BCUT2D eigenvalue weighted by Crippen LogP contribution is 2.40. The third-order valence-electron chi connectivity index (χ3n) is 3.83. The maximum atomic E-state index is 6.14. The van der Waals surface area contributed by atoms with Crippen molar-refractivity contribution in [2.75, 3.05) is 19.0 Å². The van der Waals surface area contributed by atoms with Crippen LogP contribution < -0.4 is 10.1 Å². The van der Waals surface area contributed by atoms with Crippen molar-refractivity contribution in [1.82, 2.24) is 4.98 Å². The Bertz CT molecular complexity index is 632. The van der Waals surface area contributed by atoms with E-state index >= 15 is 0 Å². The first kappa shape index (κ1) is 17.1. The van der Waals surface area contributed by atoms with E-state index in [9.17, 15) is 0 Å². The number of hydrogen-bond acceptors (Lipinski definition) is 4. The molecule has 2 rings (SSSR count). The fraction of sp³-hybridized carbons (Fsp3) is 0.611. The Morgan fingerprint density at radius 2 is 2.00 bits per heavy atom. The maximum Gasteiger partial charge on any atom is 0.183 e. The van der Waals surface area contributed by atoms with Crippen LogP contribution >= 0.6 is 11.3 Å². The molecule has 22 heavy (non-hydrogen) atoms. The minimum absolute atomic E-state index is 0.424. The van der Waals surface area contributed by atoms with Gasteiger partial charge in [0.1, 0.15) is 5.75 Å². The molecule has 0 amide bonds. The topological polar surface area (TPSA) is 34.2 Å². The lowest BCUT2D eigenvalue weighted by molar-refractivity contribution is 0.294. The second kappa shape index (κ2) is 7.32. The fourth-order valence-electron chi connectivity index (χ4n) is 2.67. The highest BCUT2D eigenvalue weighted by molar-refractivity contribution is 7.22. The van der Waals surface area contributed by atoms with Crippen LogP contribution in [-0.4, -0.2) is 18.6 Å². The Balaban J connectivity index is 2.34. The van der Waals surface area contributed by atoms with E-state index in [1.54, 1.807) is 11.3 Å². The molecule has 0 saturated heterocycles. The van der Waals surface area contributed by atoms with Crippen LogP contribution in [0.25, 0.3) is 10.2 Å². The van der Waals surface area contributed by atoms with Crippen LogP contribution in [0.3, 0.4) is 0 Å². The first-order chi connectivity index (χ1) is 10.4.